The van der Waals surface area contributed by atoms with Crippen LogP contribution in [0.1, 0.15) is 82.1 Å². The predicted octanol–water partition coefficient (Wildman–Crippen LogP) is 17.8. The van der Waals surface area contributed by atoms with E-state index in [0.717, 1.165) is 70.6 Å². The van der Waals surface area contributed by atoms with Crippen LogP contribution in [0.15, 0.2) is 286 Å². The van der Waals surface area contributed by atoms with Crippen molar-refractivity contribution in [3.05, 3.63) is 292 Å². The first-order valence-electron chi connectivity index (χ1n) is 25.0. The van der Waals surface area contributed by atoms with Crippen molar-refractivity contribution < 1.29 is 0 Å². The summed E-state index contributed by atoms with van der Waals surface area (Å²) in [4.78, 5) is 4.91. The van der Waals surface area contributed by atoms with E-state index in [2.05, 4.69) is 234 Å². The molecule has 0 bridgehead atoms. The van der Waals surface area contributed by atoms with Crippen molar-refractivity contribution in [2.24, 2.45) is 0 Å². The SMILES string of the molecule is C1=CC(c2ccccc2)CC=C1N(C1=CC=C(C2=CC=C(C3=CC=C(C4=CC=C(C5=CC=C(N(c6ccccc6)c6ccc(-c7ccccc7)cc6)CC5)CC4)CC3)CC2)CC1)c1ccccc1. The molecule has 68 heavy (non-hydrogen) atoms. The van der Waals surface area contributed by atoms with Crippen molar-refractivity contribution >= 4 is 17.1 Å². The highest BCUT2D eigenvalue weighted by Gasteiger charge is 2.24. The van der Waals surface area contributed by atoms with Crippen LogP contribution in [-0.4, -0.2) is 0 Å². The summed E-state index contributed by atoms with van der Waals surface area (Å²) in [6.45, 7) is 0. The molecule has 0 aliphatic heterocycles. The number of hydrogen-bond donors (Lipinski definition) is 0. The van der Waals surface area contributed by atoms with Gasteiger partial charge in [-0.15, -0.1) is 0 Å². The van der Waals surface area contributed by atoms with Crippen molar-refractivity contribution in [3.63, 3.8) is 0 Å². The third-order valence-corrected chi connectivity index (χ3v) is 14.8. The van der Waals surface area contributed by atoms with Crippen molar-refractivity contribution in [1.82, 2.24) is 0 Å². The molecule has 0 spiro atoms. The molecular formula is C66H60N2. The average Bonchev–Trinajstić information content (AvgIpc) is 3.43. The van der Waals surface area contributed by atoms with Gasteiger partial charge in [0.1, 0.15) is 0 Å². The Kier molecular flexibility index (Phi) is 12.8. The highest BCUT2D eigenvalue weighted by Crippen LogP contribution is 2.42. The Morgan fingerprint density at radius 3 is 1.06 bits per heavy atom. The zero-order chi connectivity index (χ0) is 45.5. The van der Waals surface area contributed by atoms with E-state index in [1.165, 1.54) is 95.4 Å². The number of benzene rings is 5. The van der Waals surface area contributed by atoms with E-state index in [1.807, 2.05) is 0 Å². The first-order chi connectivity index (χ1) is 33.7. The van der Waals surface area contributed by atoms with Crippen molar-refractivity contribution in [2.75, 3.05) is 9.80 Å². The topological polar surface area (TPSA) is 6.48 Å². The van der Waals surface area contributed by atoms with Crippen LogP contribution in [0.3, 0.4) is 0 Å². The third-order valence-electron chi connectivity index (χ3n) is 14.8. The molecule has 0 saturated heterocycles. The van der Waals surface area contributed by atoms with Gasteiger partial charge in [-0.1, -0.05) is 170 Å². The van der Waals surface area contributed by atoms with E-state index in [1.54, 1.807) is 0 Å². The summed E-state index contributed by atoms with van der Waals surface area (Å²) in [6.07, 6.45) is 43.1. The van der Waals surface area contributed by atoms with E-state index in [4.69, 9.17) is 0 Å². The number of allylic oxidation sites excluding steroid dienone is 23. The molecule has 0 aromatic heterocycles. The van der Waals surface area contributed by atoms with Gasteiger partial charge in [0, 0.05) is 40.1 Å². The fourth-order valence-corrected chi connectivity index (χ4v) is 10.9. The zero-order valence-corrected chi connectivity index (χ0v) is 39.1. The minimum atomic E-state index is 0.428. The van der Waals surface area contributed by atoms with E-state index in [-0.39, 0.29) is 0 Å². The molecule has 2 heteroatoms. The lowest BCUT2D eigenvalue weighted by atomic mass is 9.81. The van der Waals surface area contributed by atoms with Crippen LogP contribution < -0.4 is 9.80 Å². The molecule has 1 unspecified atom stereocenters. The van der Waals surface area contributed by atoms with Crippen LogP contribution in [0.4, 0.5) is 17.1 Å². The Bertz CT molecular complexity index is 3030. The molecule has 0 heterocycles. The first kappa shape index (κ1) is 43.2. The maximum absolute atomic E-state index is 2.48. The normalized spacial score (nSPS) is 19.3. The first-order valence-corrected chi connectivity index (χ1v) is 25.0. The molecule has 1 atom stereocenters. The number of hydrogen-bond acceptors (Lipinski definition) is 2. The Morgan fingerprint density at radius 2 is 0.662 bits per heavy atom. The lowest BCUT2D eigenvalue weighted by Crippen LogP contribution is -2.23. The highest BCUT2D eigenvalue weighted by atomic mass is 15.2. The summed E-state index contributed by atoms with van der Waals surface area (Å²) < 4.78 is 0. The largest absolute Gasteiger partial charge is 0.315 e. The summed E-state index contributed by atoms with van der Waals surface area (Å²) in [5, 5.41) is 0. The standard InChI is InChI=1S/C66H60N2/c1-5-13-49(14-6-1)57-33-41-63(42-34-57)67(61-17-9-3-10-18-61)65-45-37-59(38-46-65)55-29-25-53(26-30-55)51-21-23-52(24-22-51)54-27-31-56(32-28-54)60-39-47-66(48-40-60)68(62-19-11-4-12-20-62)64-43-35-58(36-44-64)50-15-7-2-8-16-50/h1-21,23,25,27,29,31,33-35,37,39,41-45,47,58H,22,24,26,28,30,32,36,38,40,46,48H2. The van der Waals surface area contributed by atoms with Crippen molar-refractivity contribution in [1.29, 1.82) is 0 Å². The lowest BCUT2D eigenvalue weighted by Gasteiger charge is -2.33. The molecule has 334 valence electrons. The summed E-state index contributed by atoms with van der Waals surface area (Å²) in [5.41, 5.74) is 23.5. The summed E-state index contributed by atoms with van der Waals surface area (Å²) >= 11 is 0. The van der Waals surface area contributed by atoms with Gasteiger partial charge in [0.2, 0.25) is 0 Å². The zero-order valence-electron chi connectivity index (χ0n) is 39.1. The lowest BCUT2D eigenvalue weighted by molar-refractivity contribution is 0.803. The smallest absolute Gasteiger partial charge is 0.0458 e. The molecule has 2 nitrogen and oxygen atoms in total. The van der Waals surface area contributed by atoms with Gasteiger partial charge in [-0.05, 0) is 187 Å². The van der Waals surface area contributed by atoms with Gasteiger partial charge in [0.15, 0.2) is 0 Å². The van der Waals surface area contributed by atoms with E-state index < -0.39 is 0 Å². The number of nitrogens with zero attached hydrogens (tertiary/aromatic N) is 2. The van der Waals surface area contributed by atoms with Gasteiger partial charge in [0.05, 0.1) is 0 Å². The molecule has 0 N–H and O–H groups in total. The maximum atomic E-state index is 2.48. The second-order valence-electron chi connectivity index (χ2n) is 18.8. The monoisotopic (exact) mass is 880 g/mol. The highest BCUT2D eigenvalue weighted by molar-refractivity contribution is 5.73. The molecule has 0 fully saturated rings. The third kappa shape index (κ3) is 9.55. The fourth-order valence-electron chi connectivity index (χ4n) is 10.9. The number of anilines is 3. The minimum Gasteiger partial charge on any atom is -0.315 e. The van der Waals surface area contributed by atoms with Gasteiger partial charge < -0.3 is 9.80 Å². The quantitative estimate of drug-likeness (QED) is 0.123. The molecule has 0 amide bonds. The van der Waals surface area contributed by atoms with E-state index in [0.29, 0.717) is 5.92 Å². The average molecular weight is 881 g/mol. The number of rotatable bonds is 12. The Hall–Kier alpha value is -7.42. The summed E-state index contributed by atoms with van der Waals surface area (Å²) in [7, 11) is 0. The van der Waals surface area contributed by atoms with Gasteiger partial charge in [0.25, 0.3) is 0 Å². The Balaban J connectivity index is 0.743. The van der Waals surface area contributed by atoms with Crippen LogP contribution >= 0.6 is 0 Å². The fraction of sp³-hybridized carbons (Fsp3) is 0.182. The number of para-hydroxylation sites is 2. The van der Waals surface area contributed by atoms with Crippen LogP contribution in [0.5, 0.6) is 0 Å². The molecule has 0 saturated carbocycles. The van der Waals surface area contributed by atoms with Gasteiger partial charge in [-0.3, -0.25) is 0 Å². The maximum Gasteiger partial charge on any atom is 0.0458 e. The molecule has 0 radical (unpaired) electrons. The van der Waals surface area contributed by atoms with Gasteiger partial charge in [-0.25, -0.2) is 0 Å². The summed E-state index contributed by atoms with van der Waals surface area (Å²) in [6, 6.07) is 52.2. The molecule has 5 aromatic carbocycles. The van der Waals surface area contributed by atoms with Gasteiger partial charge in [-0.2, -0.15) is 0 Å². The molecule has 11 rings (SSSR count). The second-order valence-corrected chi connectivity index (χ2v) is 18.8. The summed E-state index contributed by atoms with van der Waals surface area (Å²) in [5.74, 6) is 0.428. The van der Waals surface area contributed by atoms with Crippen LogP contribution in [-0.2, 0) is 0 Å². The van der Waals surface area contributed by atoms with Crippen LogP contribution in [0.2, 0.25) is 0 Å². The van der Waals surface area contributed by atoms with Crippen molar-refractivity contribution in [3.8, 4) is 11.1 Å². The molecule has 6 aliphatic carbocycles. The molecular weight excluding hydrogens is 821 g/mol. The minimum absolute atomic E-state index is 0.428. The van der Waals surface area contributed by atoms with E-state index >= 15 is 0 Å². The Labute approximate surface area is 404 Å². The molecule has 5 aromatic rings. The predicted molar refractivity (Wildman–Crippen MR) is 287 cm³/mol. The van der Waals surface area contributed by atoms with Crippen LogP contribution in [0, 0.1) is 0 Å². The van der Waals surface area contributed by atoms with Gasteiger partial charge >= 0.3 is 0 Å². The Morgan fingerprint density at radius 1 is 0.309 bits per heavy atom. The van der Waals surface area contributed by atoms with Crippen molar-refractivity contribution in [2.45, 2.75) is 76.5 Å². The van der Waals surface area contributed by atoms with E-state index in [9.17, 15) is 0 Å². The van der Waals surface area contributed by atoms with Crippen LogP contribution in [0.25, 0.3) is 11.1 Å². The molecule has 6 aliphatic rings. The second kappa shape index (κ2) is 20.2.